The van der Waals surface area contributed by atoms with Crippen LogP contribution < -0.4 is 0 Å². The summed E-state index contributed by atoms with van der Waals surface area (Å²) in [5.41, 5.74) is 0. The Kier molecular flexibility index (Phi) is 9.91. The minimum Gasteiger partial charge on any atom is -0.464 e. The van der Waals surface area contributed by atoms with Crippen molar-refractivity contribution in [3.05, 3.63) is 0 Å². The molecule has 0 aromatic carbocycles. The van der Waals surface area contributed by atoms with Gasteiger partial charge in [0.1, 0.15) is 12.2 Å². The Morgan fingerprint density at radius 3 is 2.18 bits per heavy atom. The summed E-state index contributed by atoms with van der Waals surface area (Å²) >= 11 is 0. The molecule has 130 valence electrons. The number of hydrogen-bond acceptors (Lipinski definition) is 8. The Morgan fingerprint density at radius 2 is 1.68 bits per heavy atom. The van der Waals surface area contributed by atoms with Crippen LogP contribution >= 0.6 is 0 Å². The van der Waals surface area contributed by atoms with Gasteiger partial charge < -0.3 is 29.2 Å². The Morgan fingerprint density at radius 1 is 1.14 bits per heavy atom. The molecule has 8 heteroatoms. The van der Waals surface area contributed by atoms with E-state index >= 15 is 0 Å². The molecule has 0 amide bonds. The summed E-state index contributed by atoms with van der Waals surface area (Å²) in [5, 5.41) is 19.8. The second-order valence-electron chi connectivity index (χ2n) is 4.16. The number of esters is 2. The Balaban J connectivity index is 0.00000211. The van der Waals surface area contributed by atoms with Gasteiger partial charge in [0.15, 0.2) is 18.5 Å². The predicted molar refractivity (Wildman–Crippen MR) is 75.8 cm³/mol. The number of aliphatic hydroxyl groups excluding tert-OH is 2. The highest BCUT2D eigenvalue weighted by molar-refractivity contribution is 5.77. The van der Waals surface area contributed by atoms with Crippen molar-refractivity contribution in [1.29, 1.82) is 0 Å². The quantitative estimate of drug-likeness (QED) is 0.680. The molecule has 0 radical (unpaired) electrons. The summed E-state index contributed by atoms with van der Waals surface area (Å²) in [7, 11) is 0. The van der Waals surface area contributed by atoms with Crippen LogP contribution in [0.15, 0.2) is 0 Å². The van der Waals surface area contributed by atoms with Gasteiger partial charge in [0.2, 0.25) is 0 Å². The van der Waals surface area contributed by atoms with Crippen LogP contribution in [-0.4, -0.2) is 66.1 Å². The third-order valence-electron chi connectivity index (χ3n) is 2.69. The van der Waals surface area contributed by atoms with E-state index in [0.29, 0.717) is 0 Å². The van der Waals surface area contributed by atoms with Crippen LogP contribution in [0, 0.1) is 0 Å². The maximum atomic E-state index is 11.7. The van der Waals surface area contributed by atoms with Gasteiger partial charge in [-0.1, -0.05) is 13.8 Å². The molecule has 0 aromatic rings. The lowest BCUT2D eigenvalue weighted by atomic mass is 10.0. The molecule has 0 aromatic heterocycles. The molecule has 1 heterocycles. The number of ether oxygens (including phenoxy) is 4. The summed E-state index contributed by atoms with van der Waals surface area (Å²) in [6, 6.07) is 0. The highest BCUT2D eigenvalue weighted by Crippen LogP contribution is 2.23. The molecular formula is C14H26O8. The first-order valence-electron chi connectivity index (χ1n) is 7.42. The molecule has 8 nitrogen and oxygen atoms in total. The molecule has 0 spiro atoms. The molecule has 1 saturated heterocycles. The van der Waals surface area contributed by atoms with Crippen LogP contribution in [0.1, 0.15) is 34.6 Å². The van der Waals surface area contributed by atoms with Crippen molar-refractivity contribution in [3.8, 4) is 0 Å². The largest absolute Gasteiger partial charge is 0.464 e. The Bertz CT molecular complexity index is 346. The molecule has 1 aliphatic heterocycles. The fourth-order valence-corrected chi connectivity index (χ4v) is 1.84. The van der Waals surface area contributed by atoms with Crippen LogP contribution in [0.2, 0.25) is 0 Å². The number of hydrogen-bond donors (Lipinski definition) is 2. The average Bonchev–Trinajstić information content (AvgIpc) is 2.51. The predicted octanol–water partition coefficient (Wildman–Crippen LogP) is -0.00940. The monoisotopic (exact) mass is 322 g/mol. The third kappa shape index (κ3) is 5.53. The van der Waals surface area contributed by atoms with Crippen molar-refractivity contribution in [3.63, 3.8) is 0 Å². The van der Waals surface area contributed by atoms with Crippen LogP contribution in [0.3, 0.4) is 0 Å². The number of carbonyl (C=O) groups excluding carboxylic acids is 2. The van der Waals surface area contributed by atoms with E-state index in [1.54, 1.807) is 13.8 Å². The summed E-state index contributed by atoms with van der Waals surface area (Å²) in [5.74, 6) is -1.72. The molecule has 1 rings (SSSR count). The van der Waals surface area contributed by atoms with Crippen molar-refractivity contribution < 1.29 is 38.7 Å². The molecule has 1 fully saturated rings. The molecular weight excluding hydrogens is 296 g/mol. The van der Waals surface area contributed by atoms with E-state index in [1.807, 2.05) is 13.8 Å². The standard InChI is InChI=1S/C12H20O8.C2H6/c1-4-17-11(15)8(14)9-7(13)10(12(16)18-5-2)20-6(3)19-9;1-2/h6-10,13-14H,4-5H2,1-3H3;1-2H3/t6?,7-,8-,9+,10+;/m1./s1. The smallest absolute Gasteiger partial charge is 0.338 e. The zero-order chi connectivity index (χ0) is 17.3. The van der Waals surface area contributed by atoms with Crippen LogP contribution in [0.5, 0.6) is 0 Å². The SMILES string of the molecule is CC.CCOC(=O)[C@H]1OC(C)O[C@H]([C@@H](O)C(=O)OCC)[C@H]1O. The molecule has 1 unspecified atom stereocenters. The molecule has 0 bridgehead atoms. The maximum absolute atomic E-state index is 11.7. The minimum absolute atomic E-state index is 0.0755. The molecule has 22 heavy (non-hydrogen) atoms. The summed E-state index contributed by atoms with van der Waals surface area (Å²) in [6.45, 7) is 8.86. The van der Waals surface area contributed by atoms with E-state index in [4.69, 9.17) is 14.2 Å². The third-order valence-corrected chi connectivity index (χ3v) is 2.69. The van der Waals surface area contributed by atoms with Gasteiger partial charge >= 0.3 is 11.9 Å². The first-order valence-corrected chi connectivity index (χ1v) is 7.42. The van der Waals surface area contributed by atoms with Gasteiger partial charge in [0, 0.05) is 0 Å². The van der Waals surface area contributed by atoms with Crippen molar-refractivity contribution in [2.45, 2.75) is 65.3 Å². The lowest BCUT2D eigenvalue weighted by molar-refractivity contribution is -0.291. The van der Waals surface area contributed by atoms with Gasteiger partial charge in [-0.15, -0.1) is 0 Å². The van der Waals surface area contributed by atoms with Crippen molar-refractivity contribution >= 4 is 11.9 Å². The average molecular weight is 322 g/mol. The van der Waals surface area contributed by atoms with Gasteiger partial charge in [-0.3, -0.25) is 0 Å². The van der Waals surface area contributed by atoms with E-state index in [9.17, 15) is 19.8 Å². The topological polar surface area (TPSA) is 112 Å². The lowest BCUT2D eigenvalue weighted by Gasteiger charge is -2.38. The van der Waals surface area contributed by atoms with E-state index in [-0.39, 0.29) is 13.2 Å². The summed E-state index contributed by atoms with van der Waals surface area (Å²) in [6.07, 6.45) is -6.79. The lowest BCUT2D eigenvalue weighted by Crippen LogP contribution is -2.58. The zero-order valence-electron chi connectivity index (χ0n) is 13.6. The van der Waals surface area contributed by atoms with Gasteiger partial charge in [0.05, 0.1) is 13.2 Å². The van der Waals surface area contributed by atoms with Gasteiger partial charge in [-0.05, 0) is 20.8 Å². The minimum atomic E-state index is -1.71. The van der Waals surface area contributed by atoms with Crippen molar-refractivity contribution in [2.75, 3.05) is 13.2 Å². The van der Waals surface area contributed by atoms with Crippen molar-refractivity contribution in [1.82, 2.24) is 0 Å². The molecule has 1 aliphatic rings. The van der Waals surface area contributed by atoms with E-state index < -0.39 is 42.6 Å². The fraction of sp³-hybridized carbons (Fsp3) is 0.857. The van der Waals surface area contributed by atoms with Crippen LogP contribution in [0.4, 0.5) is 0 Å². The first kappa shape index (κ1) is 20.8. The number of carbonyl (C=O) groups is 2. The van der Waals surface area contributed by atoms with Crippen LogP contribution in [-0.2, 0) is 28.5 Å². The second kappa shape index (κ2) is 10.5. The summed E-state index contributed by atoms with van der Waals surface area (Å²) in [4.78, 5) is 23.1. The van der Waals surface area contributed by atoms with Gasteiger partial charge in [-0.25, -0.2) is 9.59 Å². The first-order chi connectivity index (χ1) is 10.4. The molecule has 0 saturated carbocycles. The molecule has 5 atom stereocenters. The van der Waals surface area contributed by atoms with Gasteiger partial charge in [0.25, 0.3) is 0 Å². The number of aliphatic hydroxyl groups is 2. The van der Waals surface area contributed by atoms with Crippen molar-refractivity contribution in [2.24, 2.45) is 0 Å². The zero-order valence-corrected chi connectivity index (χ0v) is 13.6. The Hall–Kier alpha value is -1.22. The second-order valence-corrected chi connectivity index (χ2v) is 4.16. The van der Waals surface area contributed by atoms with Gasteiger partial charge in [-0.2, -0.15) is 0 Å². The fourth-order valence-electron chi connectivity index (χ4n) is 1.84. The van der Waals surface area contributed by atoms with Crippen LogP contribution in [0.25, 0.3) is 0 Å². The molecule has 0 aliphatic carbocycles. The maximum Gasteiger partial charge on any atom is 0.338 e. The number of rotatable bonds is 5. The molecule has 2 N–H and O–H groups in total. The van der Waals surface area contributed by atoms with E-state index in [0.717, 1.165) is 0 Å². The highest BCUT2D eigenvalue weighted by Gasteiger charge is 2.47. The van der Waals surface area contributed by atoms with E-state index in [2.05, 4.69) is 4.74 Å². The summed E-state index contributed by atoms with van der Waals surface area (Å²) < 4.78 is 19.7. The highest BCUT2D eigenvalue weighted by atomic mass is 16.7. The van der Waals surface area contributed by atoms with E-state index in [1.165, 1.54) is 6.92 Å². The Labute approximate surface area is 130 Å². The normalized spacial score (nSPS) is 28.9.